The second-order valence-corrected chi connectivity index (χ2v) is 4.34. The van der Waals surface area contributed by atoms with Gasteiger partial charge in [-0.1, -0.05) is 28.1 Å². The van der Waals surface area contributed by atoms with E-state index in [1.54, 1.807) is 7.11 Å². The second-order valence-electron chi connectivity index (χ2n) is 3.42. The molecule has 1 aromatic carbocycles. The standard InChI is InChI=1S/C12H12BrN3O/c1-17-12-10(6-14)11(15-7-16-12)8-2-4-9(13)5-3-8/h2-5,7H,6,14H2,1H3. The summed E-state index contributed by atoms with van der Waals surface area (Å²) < 4.78 is 6.21. The number of aromatic nitrogens is 2. The van der Waals surface area contributed by atoms with E-state index in [4.69, 9.17) is 10.5 Å². The molecule has 0 fully saturated rings. The fraction of sp³-hybridized carbons (Fsp3) is 0.167. The largest absolute Gasteiger partial charge is 0.481 e. The molecule has 0 saturated heterocycles. The van der Waals surface area contributed by atoms with E-state index < -0.39 is 0 Å². The molecule has 5 heteroatoms. The zero-order chi connectivity index (χ0) is 12.3. The van der Waals surface area contributed by atoms with Gasteiger partial charge in [0.2, 0.25) is 5.88 Å². The number of nitrogens with zero attached hydrogens (tertiary/aromatic N) is 2. The molecule has 1 heterocycles. The van der Waals surface area contributed by atoms with Crippen molar-refractivity contribution < 1.29 is 4.74 Å². The van der Waals surface area contributed by atoms with E-state index in [1.165, 1.54) is 6.33 Å². The molecule has 88 valence electrons. The average molecular weight is 294 g/mol. The van der Waals surface area contributed by atoms with E-state index in [2.05, 4.69) is 25.9 Å². The Morgan fingerprint density at radius 1 is 1.24 bits per heavy atom. The Morgan fingerprint density at radius 2 is 1.94 bits per heavy atom. The Morgan fingerprint density at radius 3 is 2.53 bits per heavy atom. The summed E-state index contributed by atoms with van der Waals surface area (Å²) in [6.07, 6.45) is 1.48. The van der Waals surface area contributed by atoms with Crippen molar-refractivity contribution in [1.82, 2.24) is 9.97 Å². The van der Waals surface area contributed by atoms with Crippen LogP contribution in [0.15, 0.2) is 35.1 Å². The maximum Gasteiger partial charge on any atom is 0.221 e. The van der Waals surface area contributed by atoms with Gasteiger partial charge in [0.15, 0.2) is 0 Å². The zero-order valence-electron chi connectivity index (χ0n) is 9.35. The molecule has 0 amide bonds. The molecule has 0 aliphatic carbocycles. The Bertz CT molecular complexity index is 514. The SMILES string of the molecule is COc1ncnc(-c2ccc(Br)cc2)c1CN. The number of methoxy groups -OCH3 is 1. The third kappa shape index (κ3) is 2.45. The molecule has 17 heavy (non-hydrogen) atoms. The van der Waals surface area contributed by atoms with E-state index in [0.717, 1.165) is 21.3 Å². The minimum atomic E-state index is 0.343. The average Bonchev–Trinajstić information content (AvgIpc) is 2.38. The van der Waals surface area contributed by atoms with E-state index in [9.17, 15) is 0 Å². The topological polar surface area (TPSA) is 61.0 Å². The molecule has 4 nitrogen and oxygen atoms in total. The van der Waals surface area contributed by atoms with E-state index in [1.807, 2.05) is 24.3 Å². The van der Waals surface area contributed by atoms with Gasteiger partial charge < -0.3 is 10.5 Å². The third-order valence-electron chi connectivity index (χ3n) is 2.42. The number of hydrogen-bond donors (Lipinski definition) is 1. The number of nitrogens with two attached hydrogens (primary N) is 1. The highest BCUT2D eigenvalue weighted by Gasteiger charge is 2.11. The summed E-state index contributed by atoms with van der Waals surface area (Å²) in [6.45, 7) is 0.343. The summed E-state index contributed by atoms with van der Waals surface area (Å²) in [4.78, 5) is 8.32. The Balaban J connectivity index is 2.54. The van der Waals surface area contributed by atoms with Crippen molar-refractivity contribution in [1.29, 1.82) is 0 Å². The van der Waals surface area contributed by atoms with Crippen LogP contribution in [-0.2, 0) is 6.54 Å². The van der Waals surface area contributed by atoms with Gasteiger partial charge in [-0.05, 0) is 12.1 Å². The van der Waals surface area contributed by atoms with Gasteiger partial charge in [-0.2, -0.15) is 0 Å². The quantitative estimate of drug-likeness (QED) is 0.944. The first kappa shape index (κ1) is 12.0. The second kappa shape index (κ2) is 5.25. The van der Waals surface area contributed by atoms with Crippen LogP contribution in [0.3, 0.4) is 0 Å². The van der Waals surface area contributed by atoms with Gasteiger partial charge in [0.05, 0.1) is 18.4 Å². The summed E-state index contributed by atoms with van der Waals surface area (Å²) in [5.41, 5.74) is 8.35. The molecule has 0 spiro atoms. The zero-order valence-corrected chi connectivity index (χ0v) is 10.9. The van der Waals surface area contributed by atoms with Crippen molar-refractivity contribution in [3.05, 3.63) is 40.6 Å². The lowest BCUT2D eigenvalue weighted by atomic mass is 10.1. The molecule has 0 bridgehead atoms. The lowest BCUT2D eigenvalue weighted by molar-refractivity contribution is 0.392. The number of rotatable bonds is 3. The predicted molar refractivity (Wildman–Crippen MR) is 69.6 cm³/mol. The molecule has 0 unspecified atom stereocenters. The van der Waals surface area contributed by atoms with Crippen molar-refractivity contribution in [3.63, 3.8) is 0 Å². The summed E-state index contributed by atoms with van der Waals surface area (Å²) in [5, 5.41) is 0. The van der Waals surface area contributed by atoms with Gasteiger partial charge >= 0.3 is 0 Å². The van der Waals surface area contributed by atoms with Crippen LogP contribution in [0.5, 0.6) is 5.88 Å². The number of benzene rings is 1. The van der Waals surface area contributed by atoms with Crippen molar-refractivity contribution in [2.24, 2.45) is 5.73 Å². The smallest absolute Gasteiger partial charge is 0.221 e. The normalized spacial score (nSPS) is 10.3. The van der Waals surface area contributed by atoms with Gasteiger partial charge in [-0.15, -0.1) is 0 Å². The van der Waals surface area contributed by atoms with Crippen LogP contribution in [0.4, 0.5) is 0 Å². The maximum atomic E-state index is 5.73. The highest BCUT2D eigenvalue weighted by Crippen LogP contribution is 2.27. The monoisotopic (exact) mass is 293 g/mol. The van der Waals surface area contributed by atoms with Crippen LogP contribution in [0, 0.1) is 0 Å². The Hall–Kier alpha value is -1.46. The molecule has 2 N–H and O–H groups in total. The molecule has 2 rings (SSSR count). The number of ether oxygens (including phenoxy) is 1. The van der Waals surface area contributed by atoms with E-state index in [0.29, 0.717) is 12.4 Å². The van der Waals surface area contributed by atoms with Crippen molar-refractivity contribution in [2.45, 2.75) is 6.54 Å². The number of hydrogen-bond acceptors (Lipinski definition) is 4. The first-order valence-corrected chi connectivity index (χ1v) is 5.89. The summed E-state index contributed by atoms with van der Waals surface area (Å²) >= 11 is 3.40. The van der Waals surface area contributed by atoms with Gasteiger partial charge in [-0.25, -0.2) is 9.97 Å². The molecule has 1 aromatic heterocycles. The summed E-state index contributed by atoms with van der Waals surface area (Å²) in [5.74, 6) is 0.528. The maximum absolute atomic E-state index is 5.73. The minimum Gasteiger partial charge on any atom is -0.481 e. The van der Waals surface area contributed by atoms with Crippen molar-refractivity contribution in [2.75, 3.05) is 7.11 Å². The highest BCUT2D eigenvalue weighted by molar-refractivity contribution is 9.10. The molecule has 0 saturated carbocycles. The van der Waals surface area contributed by atoms with Crippen LogP contribution < -0.4 is 10.5 Å². The summed E-state index contributed by atoms with van der Waals surface area (Å²) in [7, 11) is 1.58. The van der Waals surface area contributed by atoms with Crippen LogP contribution >= 0.6 is 15.9 Å². The van der Waals surface area contributed by atoms with Crippen LogP contribution in [-0.4, -0.2) is 17.1 Å². The fourth-order valence-electron chi connectivity index (χ4n) is 1.61. The molecule has 0 radical (unpaired) electrons. The van der Waals surface area contributed by atoms with E-state index >= 15 is 0 Å². The molecule has 0 atom stereocenters. The first-order valence-electron chi connectivity index (χ1n) is 5.10. The van der Waals surface area contributed by atoms with Crippen LogP contribution in [0.1, 0.15) is 5.56 Å². The molecular formula is C12H12BrN3O. The first-order chi connectivity index (χ1) is 8.26. The Kier molecular flexibility index (Phi) is 3.71. The highest BCUT2D eigenvalue weighted by atomic mass is 79.9. The lowest BCUT2D eigenvalue weighted by Gasteiger charge is -2.10. The predicted octanol–water partition coefficient (Wildman–Crippen LogP) is 2.37. The molecule has 0 aliphatic heterocycles. The van der Waals surface area contributed by atoms with Gasteiger partial charge in [-0.3, -0.25) is 0 Å². The van der Waals surface area contributed by atoms with E-state index in [-0.39, 0.29) is 0 Å². The van der Waals surface area contributed by atoms with Crippen molar-refractivity contribution in [3.8, 4) is 17.1 Å². The molecule has 2 aromatic rings. The van der Waals surface area contributed by atoms with Crippen molar-refractivity contribution >= 4 is 15.9 Å². The summed E-state index contributed by atoms with van der Waals surface area (Å²) in [6, 6.07) is 7.88. The van der Waals surface area contributed by atoms with Gasteiger partial charge in [0.25, 0.3) is 0 Å². The third-order valence-corrected chi connectivity index (χ3v) is 2.95. The molecular weight excluding hydrogens is 282 g/mol. The lowest BCUT2D eigenvalue weighted by Crippen LogP contribution is -2.05. The number of halogens is 1. The van der Waals surface area contributed by atoms with Gasteiger partial charge in [0, 0.05) is 16.6 Å². The fourth-order valence-corrected chi connectivity index (χ4v) is 1.88. The van der Waals surface area contributed by atoms with Crippen LogP contribution in [0.2, 0.25) is 0 Å². The van der Waals surface area contributed by atoms with Gasteiger partial charge in [0.1, 0.15) is 6.33 Å². The Labute approximate surface area is 108 Å². The minimum absolute atomic E-state index is 0.343. The molecule has 0 aliphatic rings. The van der Waals surface area contributed by atoms with Crippen LogP contribution in [0.25, 0.3) is 11.3 Å².